The van der Waals surface area contributed by atoms with Gasteiger partial charge in [-0.2, -0.15) is 0 Å². The van der Waals surface area contributed by atoms with Crippen LogP contribution in [-0.2, 0) is 41.7 Å². The summed E-state index contributed by atoms with van der Waals surface area (Å²) in [5.41, 5.74) is 13.1. The van der Waals surface area contributed by atoms with Gasteiger partial charge in [0.1, 0.15) is 0 Å². The third-order valence-electron chi connectivity index (χ3n) is 11.0. The molecule has 4 aromatic rings. The van der Waals surface area contributed by atoms with Gasteiger partial charge in [-0.3, -0.25) is 9.59 Å². The van der Waals surface area contributed by atoms with Crippen LogP contribution in [-0.4, -0.2) is 66.6 Å². The standard InChI is InChI=1S/C45H54N4O7/c46-39-10-6-7-11-40(39)48-43(52)13-3-1-2-12-42(51)47-29-36-8-4-5-9-38(36)33-18-20-35(21-19-33)44-55-37(28-41(56-44)34-16-14-32(31-50)15-17-34)30-49-24-22-45(23-25-49)53-26-27-54-45/h4-11,14-21,37,41,44,50H,1-3,12-13,22-31,46H2,(H,47,51)(H,48,52)/t37-,41+,44+/m1/s1. The summed E-state index contributed by atoms with van der Waals surface area (Å²) in [4.78, 5) is 27.5. The van der Waals surface area contributed by atoms with Gasteiger partial charge in [-0.25, -0.2) is 0 Å². The second kappa shape index (κ2) is 19.0. The Hall–Kier alpha value is -4.62. The average Bonchev–Trinajstić information content (AvgIpc) is 3.69. The molecule has 2 amide bonds. The molecule has 0 aromatic heterocycles. The predicted octanol–water partition coefficient (Wildman–Crippen LogP) is 7.02. The Balaban J connectivity index is 0.928. The minimum Gasteiger partial charge on any atom is -0.397 e. The lowest BCUT2D eigenvalue weighted by atomic mass is 9.97. The molecule has 0 bridgehead atoms. The van der Waals surface area contributed by atoms with E-state index in [-0.39, 0.29) is 30.6 Å². The fraction of sp³-hybridized carbons (Fsp3) is 0.422. The summed E-state index contributed by atoms with van der Waals surface area (Å²) in [6.45, 7) is 4.33. The molecular formula is C45H54N4O7. The summed E-state index contributed by atoms with van der Waals surface area (Å²) in [6, 6.07) is 31.6. The number of nitrogen functional groups attached to an aromatic ring is 1. The summed E-state index contributed by atoms with van der Waals surface area (Å²) in [5.74, 6) is -0.506. The molecule has 5 N–H and O–H groups in total. The Bertz CT molecular complexity index is 1890. The number of anilines is 2. The highest BCUT2D eigenvalue weighted by atomic mass is 16.7. The molecule has 0 radical (unpaired) electrons. The summed E-state index contributed by atoms with van der Waals surface area (Å²) in [6.07, 6.45) is 4.66. The van der Waals surface area contributed by atoms with Crippen molar-refractivity contribution in [1.29, 1.82) is 0 Å². The summed E-state index contributed by atoms with van der Waals surface area (Å²) in [5, 5.41) is 15.5. The molecule has 0 aliphatic carbocycles. The zero-order valence-corrected chi connectivity index (χ0v) is 32.0. The SMILES string of the molecule is Nc1ccccc1NC(=O)CCCCCC(=O)NCc1ccccc1-c1ccc([C@H]2O[C@@H](CN3CCC4(CC3)OCCO4)C[C@@H](c3ccc(CO)cc3)O2)cc1. The van der Waals surface area contributed by atoms with Crippen molar-refractivity contribution in [3.8, 4) is 11.1 Å². The quantitative estimate of drug-likeness (QED) is 0.0742. The molecule has 3 atom stereocenters. The van der Waals surface area contributed by atoms with Crippen molar-refractivity contribution < 1.29 is 33.6 Å². The van der Waals surface area contributed by atoms with Gasteiger partial charge in [0, 0.05) is 63.8 Å². The molecular weight excluding hydrogens is 709 g/mol. The lowest BCUT2D eigenvalue weighted by Gasteiger charge is -2.41. The van der Waals surface area contributed by atoms with Crippen LogP contribution >= 0.6 is 0 Å². The third-order valence-corrected chi connectivity index (χ3v) is 11.0. The van der Waals surface area contributed by atoms with Crippen molar-refractivity contribution in [2.45, 2.75) is 88.8 Å². The highest BCUT2D eigenvalue weighted by Gasteiger charge is 2.41. The first-order valence-electron chi connectivity index (χ1n) is 20.0. The number of nitrogens with zero attached hydrogens (tertiary/aromatic N) is 1. The van der Waals surface area contributed by atoms with E-state index in [1.165, 1.54) is 0 Å². The van der Waals surface area contributed by atoms with Gasteiger partial charge in [-0.05, 0) is 52.8 Å². The molecule has 7 rings (SSSR count). The topological polar surface area (TPSA) is 145 Å². The molecule has 11 heteroatoms. The van der Waals surface area contributed by atoms with E-state index < -0.39 is 12.1 Å². The van der Waals surface area contributed by atoms with Crippen LogP contribution < -0.4 is 16.4 Å². The number of ether oxygens (including phenoxy) is 4. The number of hydrogen-bond donors (Lipinski definition) is 4. The van der Waals surface area contributed by atoms with E-state index in [0.29, 0.717) is 56.8 Å². The molecule has 4 aromatic carbocycles. The number of hydrogen-bond acceptors (Lipinski definition) is 9. The minimum atomic E-state index is -0.547. The number of likely N-dealkylation sites (tertiary alicyclic amines) is 1. The van der Waals surface area contributed by atoms with E-state index in [4.69, 9.17) is 24.7 Å². The highest BCUT2D eigenvalue weighted by Crippen LogP contribution is 2.40. The number of amides is 2. The maximum atomic E-state index is 12.8. The Morgan fingerprint density at radius 1 is 0.786 bits per heavy atom. The van der Waals surface area contributed by atoms with E-state index in [1.807, 2.05) is 54.6 Å². The van der Waals surface area contributed by atoms with Crippen LogP contribution in [0.15, 0.2) is 97.1 Å². The number of aliphatic hydroxyl groups excluding tert-OH is 1. The maximum Gasteiger partial charge on any atom is 0.224 e. The molecule has 0 saturated carbocycles. The highest BCUT2D eigenvalue weighted by molar-refractivity contribution is 5.93. The van der Waals surface area contributed by atoms with Crippen molar-refractivity contribution in [1.82, 2.24) is 10.2 Å². The zero-order valence-electron chi connectivity index (χ0n) is 32.0. The molecule has 296 valence electrons. The second-order valence-corrected chi connectivity index (χ2v) is 15.0. The van der Waals surface area contributed by atoms with Gasteiger partial charge in [0.15, 0.2) is 12.1 Å². The molecule has 11 nitrogen and oxygen atoms in total. The summed E-state index contributed by atoms with van der Waals surface area (Å²) in [7, 11) is 0. The van der Waals surface area contributed by atoms with E-state index >= 15 is 0 Å². The molecule has 3 aliphatic heterocycles. The largest absolute Gasteiger partial charge is 0.397 e. The zero-order chi connectivity index (χ0) is 38.7. The van der Waals surface area contributed by atoms with Crippen LogP contribution in [0.25, 0.3) is 11.1 Å². The van der Waals surface area contributed by atoms with Gasteiger partial charge in [0.25, 0.3) is 0 Å². The maximum absolute atomic E-state index is 12.8. The van der Waals surface area contributed by atoms with Crippen LogP contribution in [0, 0.1) is 0 Å². The van der Waals surface area contributed by atoms with Gasteiger partial charge in [0.05, 0.1) is 43.4 Å². The first-order chi connectivity index (χ1) is 27.4. The number of nitrogens with one attached hydrogen (secondary N) is 2. The monoisotopic (exact) mass is 762 g/mol. The number of benzene rings is 4. The van der Waals surface area contributed by atoms with Crippen molar-refractivity contribution >= 4 is 23.2 Å². The van der Waals surface area contributed by atoms with Gasteiger partial charge >= 0.3 is 0 Å². The minimum absolute atomic E-state index is 0.00144. The van der Waals surface area contributed by atoms with Gasteiger partial charge in [-0.1, -0.05) is 91.3 Å². The summed E-state index contributed by atoms with van der Waals surface area (Å²) >= 11 is 0. The molecule has 3 fully saturated rings. The van der Waals surface area contributed by atoms with Crippen molar-refractivity contribution in [3.63, 3.8) is 0 Å². The molecule has 1 spiro atoms. The first-order valence-corrected chi connectivity index (χ1v) is 20.0. The van der Waals surface area contributed by atoms with Gasteiger partial charge in [-0.15, -0.1) is 0 Å². The number of nitrogens with two attached hydrogens (primary N) is 1. The number of piperidine rings is 1. The van der Waals surface area contributed by atoms with E-state index in [9.17, 15) is 14.7 Å². The summed E-state index contributed by atoms with van der Waals surface area (Å²) < 4.78 is 25.2. The number of carbonyl (C=O) groups excluding carboxylic acids is 2. The van der Waals surface area contributed by atoms with Crippen molar-refractivity contribution in [2.24, 2.45) is 0 Å². The Morgan fingerprint density at radius 2 is 1.46 bits per heavy atom. The van der Waals surface area contributed by atoms with Crippen molar-refractivity contribution in [2.75, 3.05) is 43.9 Å². The van der Waals surface area contributed by atoms with E-state index in [2.05, 4.69) is 45.9 Å². The molecule has 3 aliphatic rings. The van der Waals surface area contributed by atoms with Crippen LogP contribution in [0.5, 0.6) is 0 Å². The van der Waals surface area contributed by atoms with Crippen LogP contribution in [0.4, 0.5) is 11.4 Å². The van der Waals surface area contributed by atoms with E-state index in [1.54, 1.807) is 12.1 Å². The van der Waals surface area contributed by atoms with Crippen LogP contribution in [0.2, 0.25) is 0 Å². The number of carbonyl (C=O) groups is 2. The number of rotatable bonds is 15. The predicted molar refractivity (Wildman–Crippen MR) is 215 cm³/mol. The van der Waals surface area contributed by atoms with Gasteiger partial charge < -0.3 is 45.3 Å². The van der Waals surface area contributed by atoms with Crippen molar-refractivity contribution in [3.05, 3.63) is 119 Å². The Labute approximate surface area is 329 Å². The lowest BCUT2D eigenvalue weighted by Crippen LogP contribution is -2.48. The molecule has 56 heavy (non-hydrogen) atoms. The Kier molecular flexibility index (Phi) is 13.4. The first kappa shape index (κ1) is 39.6. The molecule has 3 saturated heterocycles. The smallest absolute Gasteiger partial charge is 0.224 e. The average molecular weight is 763 g/mol. The fourth-order valence-electron chi connectivity index (χ4n) is 7.81. The number of aliphatic hydroxyl groups is 1. The number of para-hydroxylation sites is 2. The fourth-order valence-corrected chi connectivity index (χ4v) is 7.81. The van der Waals surface area contributed by atoms with Crippen LogP contribution in [0.1, 0.15) is 86.0 Å². The molecule has 3 heterocycles. The lowest BCUT2D eigenvalue weighted by molar-refractivity contribution is -0.255. The third kappa shape index (κ3) is 10.4. The normalized spacial score (nSPS) is 20.8. The van der Waals surface area contributed by atoms with E-state index in [0.717, 1.165) is 78.7 Å². The van der Waals surface area contributed by atoms with Crippen LogP contribution in [0.3, 0.4) is 0 Å². The second-order valence-electron chi connectivity index (χ2n) is 15.0. The Morgan fingerprint density at radius 3 is 2.20 bits per heavy atom. The van der Waals surface area contributed by atoms with Gasteiger partial charge in [0.2, 0.25) is 11.8 Å². The molecule has 0 unspecified atom stereocenters. The number of unbranched alkanes of at least 4 members (excludes halogenated alkanes) is 2.